The molecule has 2 aromatic rings. The third kappa shape index (κ3) is 8.40. The molecule has 1 aliphatic rings. The number of aromatic nitrogens is 1. The molecular weight excluding hydrogens is 451 g/mol. The molecule has 1 aromatic carbocycles. The topological polar surface area (TPSA) is 78.8 Å². The molecule has 0 aliphatic heterocycles. The van der Waals surface area contributed by atoms with Crippen LogP contribution in [0.2, 0.25) is 0 Å². The lowest BCUT2D eigenvalue weighted by Gasteiger charge is -2.35. The Kier molecular flexibility index (Phi) is 12.8. The van der Waals surface area contributed by atoms with E-state index in [1.54, 1.807) is 11.8 Å². The molecule has 34 heavy (non-hydrogen) atoms. The summed E-state index contributed by atoms with van der Waals surface area (Å²) in [5, 5.41) is 18.0. The van der Waals surface area contributed by atoms with Crippen LogP contribution >= 0.6 is 11.8 Å². The van der Waals surface area contributed by atoms with E-state index in [2.05, 4.69) is 68.5 Å². The molecule has 3 rings (SSSR count). The molecule has 1 fully saturated rings. The van der Waals surface area contributed by atoms with E-state index in [0.717, 1.165) is 40.9 Å². The number of pyridine rings is 1. The van der Waals surface area contributed by atoms with E-state index in [-0.39, 0.29) is 17.0 Å². The van der Waals surface area contributed by atoms with E-state index < -0.39 is 0 Å². The SMILES string of the molecule is C=NNC(NC1CC(O)C1)SCc1cc(C)c2cc(OCC)cc(C(C)(C)C)c2n1.CC.CF. The monoisotopic (exact) mass is 494 g/mol. The molecule has 8 heteroatoms. The average Bonchev–Trinajstić information content (AvgIpc) is 2.79. The van der Waals surface area contributed by atoms with Gasteiger partial charge in [-0.05, 0) is 61.4 Å². The minimum atomic E-state index is -0.188. The molecule has 1 saturated carbocycles. The van der Waals surface area contributed by atoms with Crippen LogP contribution in [0.5, 0.6) is 5.75 Å². The predicted molar refractivity (Wildman–Crippen MR) is 145 cm³/mol. The number of ether oxygens (including phenoxy) is 1. The number of hydrogen-bond donors (Lipinski definition) is 3. The summed E-state index contributed by atoms with van der Waals surface area (Å²) in [4.78, 5) is 5.04. The number of hydrazone groups is 1. The number of benzene rings is 1. The van der Waals surface area contributed by atoms with Gasteiger partial charge in [-0.3, -0.25) is 20.1 Å². The summed E-state index contributed by atoms with van der Waals surface area (Å²) in [5.41, 5.74) is 7.38. The van der Waals surface area contributed by atoms with Crippen molar-refractivity contribution in [2.45, 2.75) is 90.1 Å². The Hall–Kier alpha value is -1.90. The number of fused-ring (bicyclic) bond motifs is 1. The average molecular weight is 495 g/mol. The van der Waals surface area contributed by atoms with Gasteiger partial charge >= 0.3 is 0 Å². The highest BCUT2D eigenvalue weighted by Crippen LogP contribution is 2.35. The van der Waals surface area contributed by atoms with Gasteiger partial charge in [-0.25, -0.2) is 0 Å². The van der Waals surface area contributed by atoms with Crippen molar-refractivity contribution in [2.75, 3.05) is 13.8 Å². The van der Waals surface area contributed by atoms with Crippen LogP contribution in [-0.2, 0) is 11.2 Å². The number of nitrogens with zero attached hydrogens (tertiary/aromatic N) is 2. The normalized spacial score (nSPS) is 17.9. The highest BCUT2D eigenvalue weighted by Gasteiger charge is 2.29. The van der Waals surface area contributed by atoms with Crippen molar-refractivity contribution in [3.05, 3.63) is 35.0 Å². The van der Waals surface area contributed by atoms with Crippen LogP contribution in [0.1, 0.15) is 71.2 Å². The number of halogens is 1. The molecule has 0 bridgehead atoms. The number of aliphatic hydroxyl groups is 1. The van der Waals surface area contributed by atoms with Crippen LogP contribution < -0.4 is 15.5 Å². The van der Waals surface area contributed by atoms with E-state index in [1.165, 1.54) is 11.1 Å². The number of aliphatic hydroxyl groups excluding tert-OH is 1. The Morgan fingerprint density at radius 1 is 1.26 bits per heavy atom. The third-order valence-corrected chi connectivity index (χ3v) is 6.41. The van der Waals surface area contributed by atoms with Crippen molar-refractivity contribution >= 4 is 29.4 Å². The van der Waals surface area contributed by atoms with Crippen LogP contribution in [0.25, 0.3) is 10.9 Å². The summed E-state index contributed by atoms with van der Waals surface area (Å²) in [6.45, 7) is 19.0. The Labute approximate surface area is 209 Å². The van der Waals surface area contributed by atoms with Gasteiger partial charge in [0.05, 0.1) is 31.1 Å². The van der Waals surface area contributed by atoms with Crippen molar-refractivity contribution in [1.82, 2.24) is 15.7 Å². The lowest BCUT2D eigenvalue weighted by Crippen LogP contribution is -2.51. The largest absolute Gasteiger partial charge is 0.494 e. The van der Waals surface area contributed by atoms with Gasteiger partial charge < -0.3 is 9.84 Å². The van der Waals surface area contributed by atoms with Gasteiger partial charge in [-0.1, -0.05) is 34.6 Å². The van der Waals surface area contributed by atoms with E-state index in [4.69, 9.17) is 9.72 Å². The second-order valence-electron chi connectivity index (χ2n) is 8.95. The molecule has 1 atom stereocenters. The van der Waals surface area contributed by atoms with Gasteiger partial charge in [0.2, 0.25) is 0 Å². The Balaban J connectivity index is 0.00000137. The molecule has 192 valence electrons. The smallest absolute Gasteiger partial charge is 0.141 e. The fourth-order valence-electron chi connectivity index (χ4n) is 3.74. The first-order valence-electron chi connectivity index (χ1n) is 11.9. The van der Waals surface area contributed by atoms with Gasteiger partial charge in [-0.2, -0.15) is 5.10 Å². The van der Waals surface area contributed by atoms with Crippen molar-refractivity contribution in [3.63, 3.8) is 0 Å². The number of thioether (sulfide) groups is 1. The maximum absolute atomic E-state index is 9.52. The molecule has 1 aliphatic carbocycles. The lowest BCUT2D eigenvalue weighted by atomic mass is 9.84. The second-order valence-corrected chi connectivity index (χ2v) is 10.0. The zero-order chi connectivity index (χ0) is 25.9. The maximum atomic E-state index is 9.52. The summed E-state index contributed by atoms with van der Waals surface area (Å²) in [5.74, 6) is 1.64. The highest BCUT2D eigenvalue weighted by molar-refractivity contribution is 7.99. The van der Waals surface area contributed by atoms with Crippen LogP contribution in [0.4, 0.5) is 4.39 Å². The van der Waals surface area contributed by atoms with E-state index in [9.17, 15) is 9.50 Å². The Morgan fingerprint density at radius 3 is 2.44 bits per heavy atom. The molecule has 0 saturated heterocycles. The molecule has 3 N–H and O–H groups in total. The van der Waals surface area contributed by atoms with Gasteiger partial charge in [0.15, 0.2) is 0 Å². The van der Waals surface area contributed by atoms with Gasteiger partial charge in [0.1, 0.15) is 11.2 Å². The summed E-state index contributed by atoms with van der Waals surface area (Å²) < 4.78 is 15.3. The number of alkyl halides is 1. The first-order valence-corrected chi connectivity index (χ1v) is 13.0. The van der Waals surface area contributed by atoms with Crippen LogP contribution in [-0.4, -0.2) is 48.2 Å². The quantitative estimate of drug-likeness (QED) is 0.236. The molecule has 0 spiro atoms. The Morgan fingerprint density at radius 2 is 1.91 bits per heavy atom. The molecule has 0 amide bonds. The zero-order valence-corrected chi connectivity index (χ0v) is 22.9. The van der Waals surface area contributed by atoms with Gasteiger partial charge in [0, 0.05) is 23.9 Å². The molecule has 6 nitrogen and oxygen atoms in total. The first kappa shape index (κ1) is 30.1. The van der Waals surface area contributed by atoms with Crippen molar-refractivity contribution in [1.29, 1.82) is 0 Å². The summed E-state index contributed by atoms with van der Waals surface area (Å²) in [6, 6.07) is 6.69. The fraction of sp³-hybridized carbons (Fsp3) is 0.615. The Bertz CT molecular complexity index is 898. The van der Waals surface area contributed by atoms with Crippen LogP contribution in [0, 0.1) is 6.92 Å². The number of aryl methyl sites for hydroxylation is 1. The van der Waals surface area contributed by atoms with Gasteiger partial charge in [-0.15, -0.1) is 11.8 Å². The molecule has 0 radical (unpaired) electrons. The fourth-order valence-corrected chi connectivity index (χ4v) is 4.66. The van der Waals surface area contributed by atoms with Crippen LogP contribution in [0.3, 0.4) is 0 Å². The minimum Gasteiger partial charge on any atom is -0.494 e. The van der Waals surface area contributed by atoms with E-state index in [0.29, 0.717) is 19.8 Å². The van der Waals surface area contributed by atoms with E-state index >= 15 is 0 Å². The molecular formula is C26H43FN4O2S. The standard InChI is InChI=1S/C23H34N4O2S.C2H6.CH3F/c1-7-29-18-11-19-14(2)8-16(25-21(19)20(12-18)23(3,4)5)13-30-22(27-24-6)26-15-9-17(28)10-15;2*1-2/h8,11-12,15,17,22,26-28H,6-7,9-10,13H2,1-5H3;1-2H3;1H3. The molecule has 1 aromatic heterocycles. The highest BCUT2D eigenvalue weighted by atomic mass is 32.2. The lowest BCUT2D eigenvalue weighted by molar-refractivity contribution is 0.0604. The van der Waals surface area contributed by atoms with Crippen LogP contribution in [0.15, 0.2) is 23.3 Å². The maximum Gasteiger partial charge on any atom is 0.141 e. The third-order valence-electron chi connectivity index (χ3n) is 5.37. The summed E-state index contributed by atoms with van der Waals surface area (Å²) in [6.07, 6.45) is 1.37. The van der Waals surface area contributed by atoms with Gasteiger partial charge in [0.25, 0.3) is 0 Å². The van der Waals surface area contributed by atoms with E-state index in [1.807, 2.05) is 20.8 Å². The summed E-state index contributed by atoms with van der Waals surface area (Å²) in [7, 11) is 0.500. The number of nitrogens with one attached hydrogen (secondary N) is 2. The predicted octanol–water partition coefficient (Wildman–Crippen LogP) is 5.69. The molecule has 1 unspecified atom stereocenters. The number of hydrogen-bond acceptors (Lipinski definition) is 7. The van der Waals surface area contributed by atoms with Crippen molar-refractivity contribution < 1.29 is 14.2 Å². The second kappa shape index (κ2) is 14.5. The molecule has 1 heterocycles. The number of rotatable bonds is 9. The van der Waals surface area contributed by atoms with Crippen molar-refractivity contribution in [2.24, 2.45) is 5.10 Å². The summed E-state index contributed by atoms with van der Waals surface area (Å²) >= 11 is 1.70. The zero-order valence-electron chi connectivity index (χ0n) is 22.0. The van der Waals surface area contributed by atoms with Crippen molar-refractivity contribution in [3.8, 4) is 5.75 Å². The first-order chi connectivity index (χ1) is 16.2. The minimum absolute atomic E-state index is 0.0416.